The van der Waals surface area contributed by atoms with Gasteiger partial charge in [-0.1, -0.05) is 24.3 Å². The molecule has 3 aliphatic rings. The zero-order valence-corrected chi connectivity index (χ0v) is 26.0. The summed E-state index contributed by atoms with van der Waals surface area (Å²) in [6.45, 7) is 7.84. The zero-order chi connectivity index (χ0) is 30.6. The third-order valence-electron chi connectivity index (χ3n) is 9.35. The zero-order valence-electron chi connectivity index (χ0n) is 26.0. The number of aryl methyl sites for hydroxylation is 1. The van der Waals surface area contributed by atoms with Gasteiger partial charge in [0.2, 0.25) is 0 Å². The summed E-state index contributed by atoms with van der Waals surface area (Å²) in [5, 5.41) is 9.59. The fourth-order valence-corrected chi connectivity index (χ4v) is 6.93. The number of anilines is 1. The van der Waals surface area contributed by atoms with E-state index >= 15 is 0 Å². The van der Waals surface area contributed by atoms with Crippen LogP contribution in [-0.2, 0) is 45.2 Å². The van der Waals surface area contributed by atoms with Crippen molar-refractivity contribution in [1.29, 1.82) is 0 Å². The van der Waals surface area contributed by atoms with Crippen molar-refractivity contribution in [2.24, 2.45) is 5.92 Å². The molecule has 1 aromatic heterocycles. The average Bonchev–Trinajstić information content (AvgIpc) is 3.59. The highest BCUT2D eigenvalue weighted by Gasteiger charge is 2.35. The maximum atomic E-state index is 11.7. The Balaban J connectivity index is 1.22. The number of ether oxygens (including phenoxy) is 4. The van der Waals surface area contributed by atoms with Gasteiger partial charge in [-0.2, -0.15) is 0 Å². The van der Waals surface area contributed by atoms with Crippen LogP contribution in [0.25, 0.3) is 11.3 Å². The number of hydrogen-bond donors (Lipinski definition) is 1. The van der Waals surface area contributed by atoms with Crippen LogP contribution < -0.4 is 9.64 Å². The molecule has 2 fully saturated rings. The summed E-state index contributed by atoms with van der Waals surface area (Å²) in [5.74, 6) is 0.298. The van der Waals surface area contributed by atoms with Crippen LogP contribution in [0, 0.1) is 12.8 Å². The lowest BCUT2D eigenvalue weighted by molar-refractivity contribution is -0.147. The first-order valence-corrected chi connectivity index (χ1v) is 15.6. The average molecular weight is 602 g/mol. The van der Waals surface area contributed by atoms with Crippen LogP contribution in [0.15, 0.2) is 48.5 Å². The molecule has 0 saturated carbocycles. The summed E-state index contributed by atoms with van der Waals surface area (Å²) in [7, 11) is 3.33. The number of carboxylic acids is 1. The molecular formula is C35H43N3O6. The number of aliphatic carboxylic acids is 1. The largest absolute Gasteiger partial charge is 0.488 e. The van der Waals surface area contributed by atoms with Gasteiger partial charge in [-0.15, -0.1) is 0 Å². The van der Waals surface area contributed by atoms with Gasteiger partial charge < -0.3 is 29.0 Å². The number of rotatable bonds is 10. The van der Waals surface area contributed by atoms with Crippen LogP contribution in [0.1, 0.15) is 40.7 Å². The van der Waals surface area contributed by atoms with Gasteiger partial charge in [0, 0.05) is 58.6 Å². The number of carbonyl (C=O) groups is 1. The standard InChI is InChI=1S/C35H43N3O6/c1-23-6-4-7-28(31-8-5-9-33(36-31)38-14-11-29(35(39)40)32(19-38)42-3)34(23)44-20-24-16-25-10-13-37(27-12-15-43-22-27)18-30(25)26(17-24)21-41-2/h4-9,16-17,27,29,32H,10-15,18-22H2,1-3H3,(H,39,40)/t27?,29-,32+/m0/s1. The Morgan fingerprint density at radius 1 is 1.09 bits per heavy atom. The van der Waals surface area contributed by atoms with E-state index in [1.165, 1.54) is 16.7 Å². The lowest BCUT2D eigenvalue weighted by Crippen LogP contribution is -2.47. The van der Waals surface area contributed by atoms with E-state index in [1.807, 2.05) is 30.3 Å². The molecule has 0 amide bonds. The van der Waals surface area contributed by atoms with Crippen molar-refractivity contribution in [3.05, 3.63) is 76.3 Å². The molecule has 2 aromatic carbocycles. The van der Waals surface area contributed by atoms with Crippen molar-refractivity contribution in [2.75, 3.05) is 52.0 Å². The molecule has 3 aliphatic heterocycles. The minimum Gasteiger partial charge on any atom is -0.488 e. The number of methoxy groups -OCH3 is 2. The lowest BCUT2D eigenvalue weighted by atomic mass is 9.91. The smallest absolute Gasteiger partial charge is 0.309 e. The molecule has 44 heavy (non-hydrogen) atoms. The van der Waals surface area contributed by atoms with E-state index in [0.29, 0.717) is 38.8 Å². The molecule has 1 N–H and O–H groups in total. The van der Waals surface area contributed by atoms with Crippen LogP contribution >= 0.6 is 0 Å². The number of fused-ring (bicyclic) bond motifs is 1. The molecule has 4 heterocycles. The van der Waals surface area contributed by atoms with Gasteiger partial charge >= 0.3 is 5.97 Å². The monoisotopic (exact) mass is 601 g/mol. The number of piperidine rings is 1. The first-order chi connectivity index (χ1) is 21.4. The van der Waals surface area contributed by atoms with Crippen molar-refractivity contribution in [3.8, 4) is 17.0 Å². The second-order valence-corrected chi connectivity index (χ2v) is 12.1. The van der Waals surface area contributed by atoms with Crippen LogP contribution in [0.2, 0.25) is 0 Å². The summed E-state index contributed by atoms with van der Waals surface area (Å²) < 4.78 is 23.4. The molecule has 0 bridgehead atoms. The number of hydrogen-bond acceptors (Lipinski definition) is 8. The van der Waals surface area contributed by atoms with Gasteiger partial charge in [0.15, 0.2) is 0 Å². The van der Waals surface area contributed by atoms with E-state index in [-0.39, 0.29) is 6.10 Å². The molecule has 6 rings (SSSR count). The molecule has 2 saturated heterocycles. The minimum atomic E-state index is -0.811. The summed E-state index contributed by atoms with van der Waals surface area (Å²) in [5.41, 5.74) is 7.92. The van der Waals surface area contributed by atoms with E-state index in [0.717, 1.165) is 73.1 Å². The topological polar surface area (TPSA) is 93.6 Å². The van der Waals surface area contributed by atoms with Crippen LogP contribution in [0.5, 0.6) is 5.75 Å². The highest BCUT2D eigenvalue weighted by atomic mass is 16.5. The molecule has 3 atom stereocenters. The summed E-state index contributed by atoms with van der Waals surface area (Å²) >= 11 is 0. The molecule has 234 valence electrons. The molecule has 0 spiro atoms. The number of pyridine rings is 1. The molecule has 9 nitrogen and oxygen atoms in total. The predicted molar refractivity (Wildman–Crippen MR) is 168 cm³/mol. The Kier molecular flexibility index (Phi) is 9.47. The molecule has 0 aliphatic carbocycles. The van der Waals surface area contributed by atoms with Crippen LogP contribution in [0.3, 0.4) is 0 Å². The summed E-state index contributed by atoms with van der Waals surface area (Å²) in [6, 6.07) is 17.2. The third-order valence-corrected chi connectivity index (χ3v) is 9.35. The van der Waals surface area contributed by atoms with E-state index in [9.17, 15) is 9.90 Å². The number of nitrogens with zero attached hydrogens (tertiary/aromatic N) is 3. The highest BCUT2D eigenvalue weighted by Crippen LogP contribution is 2.35. The lowest BCUT2D eigenvalue weighted by Gasteiger charge is -2.36. The summed E-state index contributed by atoms with van der Waals surface area (Å²) in [6.07, 6.45) is 2.24. The second-order valence-electron chi connectivity index (χ2n) is 12.1. The van der Waals surface area contributed by atoms with Gasteiger partial charge in [-0.3, -0.25) is 9.69 Å². The van der Waals surface area contributed by atoms with Gasteiger partial charge in [0.1, 0.15) is 18.2 Å². The Morgan fingerprint density at radius 3 is 2.73 bits per heavy atom. The SMILES string of the molecule is COCc1cc(COc2c(C)cccc2-c2cccc(N3CC[C@H](C(=O)O)[C@H](OC)C3)n2)cc2c1CN(C1CCOC1)CC2. The minimum absolute atomic E-state index is 0.385. The quantitative estimate of drug-likeness (QED) is 0.350. The molecule has 0 radical (unpaired) electrons. The maximum absolute atomic E-state index is 11.7. The number of carboxylic acid groups (broad SMARTS) is 1. The fourth-order valence-electron chi connectivity index (χ4n) is 6.93. The Bertz CT molecular complexity index is 1470. The van der Waals surface area contributed by atoms with Gasteiger partial charge in [0.25, 0.3) is 0 Å². The van der Waals surface area contributed by atoms with E-state index in [1.54, 1.807) is 14.2 Å². The van der Waals surface area contributed by atoms with Gasteiger partial charge in [0.05, 0.1) is 30.9 Å². The first kappa shape index (κ1) is 30.5. The van der Waals surface area contributed by atoms with Gasteiger partial charge in [-0.05, 0) is 78.3 Å². The Morgan fingerprint density at radius 2 is 1.95 bits per heavy atom. The molecular weight excluding hydrogens is 558 g/mol. The first-order valence-electron chi connectivity index (χ1n) is 15.6. The van der Waals surface area contributed by atoms with E-state index in [2.05, 4.69) is 34.9 Å². The highest BCUT2D eigenvalue weighted by molar-refractivity contribution is 5.72. The van der Waals surface area contributed by atoms with E-state index in [4.69, 9.17) is 23.9 Å². The molecule has 3 aromatic rings. The van der Waals surface area contributed by atoms with Crippen molar-refractivity contribution in [1.82, 2.24) is 9.88 Å². The fraction of sp³-hybridized carbons (Fsp3) is 0.486. The number of para-hydroxylation sites is 1. The van der Waals surface area contributed by atoms with Crippen molar-refractivity contribution < 1.29 is 28.8 Å². The number of aromatic nitrogens is 1. The predicted octanol–water partition coefficient (Wildman–Crippen LogP) is 4.86. The van der Waals surface area contributed by atoms with Gasteiger partial charge in [-0.25, -0.2) is 4.98 Å². The molecule has 9 heteroatoms. The molecule has 1 unspecified atom stereocenters. The maximum Gasteiger partial charge on any atom is 0.309 e. The second kappa shape index (κ2) is 13.6. The van der Waals surface area contributed by atoms with Crippen molar-refractivity contribution in [2.45, 2.75) is 58.1 Å². The van der Waals surface area contributed by atoms with E-state index < -0.39 is 11.9 Å². The van der Waals surface area contributed by atoms with Crippen molar-refractivity contribution >= 4 is 11.8 Å². The van der Waals surface area contributed by atoms with Crippen LogP contribution in [0.4, 0.5) is 5.82 Å². The number of benzene rings is 2. The Labute approximate surface area is 259 Å². The normalized spacial score (nSPS) is 22.2. The van der Waals surface area contributed by atoms with Crippen molar-refractivity contribution in [3.63, 3.8) is 0 Å². The third kappa shape index (κ3) is 6.47. The Hall–Kier alpha value is -3.50. The summed E-state index contributed by atoms with van der Waals surface area (Å²) in [4.78, 5) is 21.4. The van der Waals surface area contributed by atoms with Crippen LogP contribution in [-0.4, -0.2) is 80.2 Å².